The summed E-state index contributed by atoms with van der Waals surface area (Å²) >= 11 is 1.94. The number of rotatable bonds is 2. The van der Waals surface area contributed by atoms with Gasteiger partial charge in [0.2, 0.25) is 0 Å². The maximum Gasteiger partial charge on any atom is 0.133 e. The van der Waals surface area contributed by atoms with Crippen molar-refractivity contribution in [2.75, 3.05) is 30.3 Å². The van der Waals surface area contributed by atoms with Crippen LogP contribution in [-0.2, 0) is 0 Å². The summed E-state index contributed by atoms with van der Waals surface area (Å²) in [5.41, 5.74) is 7.27. The fraction of sp³-hybridized carbons (Fsp3) is 0.455. The van der Waals surface area contributed by atoms with Gasteiger partial charge in [-0.2, -0.15) is 11.8 Å². The Kier molecular flexibility index (Phi) is 3.51. The number of aliphatic hydroxyl groups excluding tert-OH is 1. The van der Waals surface area contributed by atoms with Crippen molar-refractivity contribution in [2.24, 2.45) is 0 Å². The zero-order chi connectivity index (χ0) is 10.7. The normalized spacial score (nSPS) is 20.1. The van der Waals surface area contributed by atoms with Crippen LogP contribution in [0, 0.1) is 0 Å². The monoisotopic (exact) mass is 224 g/mol. The lowest BCUT2D eigenvalue weighted by atomic mass is 10.1. The van der Waals surface area contributed by atoms with Crippen LogP contribution in [0.4, 0.5) is 5.69 Å². The van der Waals surface area contributed by atoms with Gasteiger partial charge in [0.05, 0.1) is 0 Å². The maximum absolute atomic E-state index is 10.1. The average molecular weight is 224 g/mol. The molecular weight excluding hydrogens is 208 g/mol. The van der Waals surface area contributed by atoms with Gasteiger partial charge in [-0.15, -0.1) is 0 Å². The molecule has 4 heteroatoms. The molecule has 1 aromatic rings. The number of hydrogen-bond acceptors (Lipinski definition) is 4. The highest BCUT2D eigenvalue weighted by Gasteiger charge is 2.19. The third kappa shape index (κ3) is 2.65. The maximum atomic E-state index is 10.1. The van der Waals surface area contributed by atoms with Crippen molar-refractivity contribution < 1.29 is 5.11 Å². The van der Waals surface area contributed by atoms with Crippen molar-refractivity contribution in [3.05, 3.63) is 29.8 Å². The summed E-state index contributed by atoms with van der Waals surface area (Å²) in [5, 5.41) is 10.1. The molecule has 1 aromatic carbocycles. The number of nitrogens with zero attached hydrogens (tertiary/aromatic N) is 1. The van der Waals surface area contributed by atoms with Crippen molar-refractivity contribution >= 4 is 17.4 Å². The predicted molar refractivity (Wildman–Crippen MR) is 64.7 cm³/mol. The van der Waals surface area contributed by atoms with E-state index in [-0.39, 0.29) is 0 Å². The first-order valence-electron chi connectivity index (χ1n) is 5.12. The molecule has 15 heavy (non-hydrogen) atoms. The van der Waals surface area contributed by atoms with Crippen LogP contribution >= 0.6 is 11.8 Å². The number of anilines is 1. The Bertz CT molecular complexity index is 309. The zero-order valence-electron chi connectivity index (χ0n) is 8.60. The molecule has 1 atom stereocenters. The first kappa shape index (κ1) is 10.8. The van der Waals surface area contributed by atoms with E-state index < -0.39 is 6.23 Å². The molecule has 1 heterocycles. The minimum Gasteiger partial charge on any atom is -0.399 e. The largest absolute Gasteiger partial charge is 0.399 e. The lowest BCUT2D eigenvalue weighted by Gasteiger charge is -2.31. The Labute approximate surface area is 94.3 Å². The van der Waals surface area contributed by atoms with Crippen molar-refractivity contribution in [3.8, 4) is 0 Å². The lowest BCUT2D eigenvalue weighted by Crippen LogP contribution is -2.35. The van der Waals surface area contributed by atoms with Crippen molar-refractivity contribution in [1.29, 1.82) is 0 Å². The van der Waals surface area contributed by atoms with Gasteiger partial charge >= 0.3 is 0 Å². The molecule has 0 aliphatic carbocycles. The third-order valence-electron chi connectivity index (χ3n) is 2.63. The van der Waals surface area contributed by atoms with Gasteiger partial charge < -0.3 is 10.8 Å². The van der Waals surface area contributed by atoms with Crippen molar-refractivity contribution in [1.82, 2.24) is 4.90 Å². The number of hydrogen-bond donors (Lipinski definition) is 2. The number of nitrogen functional groups attached to an aromatic ring is 1. The second kappa shape index (κ2) is 4.88. The predicted octanol–water partition coefficient (Wildman–Crippen LogP) is 1.31. The lowest BCUT2D eigenvalue weighted by molar-refractivity contribution is 0.00882. The second-order valence-electron chi connectivity index (χ2n) is 3.69. The summed E-state index contributed by atoms with van der Waals surface area (Å²) in [6, 6.07) is 7.44. The van der Waals surface area contributed by atoms with Gasteiger partial charge in [-0.1, -0.05) is 12.1 Å². The molecule has 0 saturated carbocycles. The van der Waals surface area contributed by atoms with Gasteiger partial charge in [0.15, 0.2) is 0 Å². The van der Waals surface area contributed by atoms with Crippen LogP contribution in [-0.4, -0.2) is 34.6 Å². The summed E-state index contributed by atoms with van der Waals surface area (Å²) < 4.78 is 0. The van der Waals surface area contributed by atoms with E-state index >= 15 is 0 Å². The smallest absolute Gasteiger partial charge is 0.133 e. The van der Waals surface area contributed by atoms with E-state index in [1.54, 1.807) is 0 Å². The number of thioether (sulfide) groups is 1. The van der Waals surface area contributed by atoms with Crippen LogP contribution in [0.5, 0.6) is 0 Å². The summed E-state index contributed by atoms with van der Waals surface area (Å²) in [6.45, 7) is 1.91. The van der Waals surface area contributed by atoms with Crippen LogP contribution in [0.15, 0.2) is 24.3 Å². The molecule has 3 N–H and O–H groups in total. The Balaban J connectivity index is 2.05. The van der Waals surface area contributed by atoms with Gasteiger partial charge in [-0.05, 0) is 17.7 Å². The molecule has 2 rings (SSSR count). The fourth-order valence-electron chi connectivity index (χ4n) is 1.70. The van der Waals surface area contributed by atoms with Gasteiger partial charge in [0.25, 0.3) is 0 Å². The molecule has 1 saturated heterocycles. The highest BCUT2D eigenvalue weighted by atomic mass is 32.2. The third-order valence-corrected chi connectivity index (χ3v) is 3.57. The van der Waals surface area contributed by atoms with Crippen LogP contribution < -0.4 is 5.73 Å². The number of aliphatic hydroxyl groups is 1. The summed E-state index contributed by atoms with van der Waals surface area (Å²) in [6.07, 6.45) is -0.480. The summed E-state index contributed by atoms with van der Waals surface area (Å²) in [4.78, 5) is 2.10. The molecule has 3 nitrogen and oxygen atoms in total. The molecule has 0 aromatic heterocycles. The Hall–Kier alpha value is -0.710. The van der Waals surface area contributed by atoms with Crippen LogP contribution in [0.3, 0.4) is 0 Å². The summed E-state index contributed by atoms with van der Waals surface area (Å²) in [5.74, 6) is 2.21. The molecule has 0 radical (unpaired) electrons. The average Bonchev–Trinajstić information content (AvgIpc) is 2.30. The standard InChI is InChI=1S/C11H16N2OS/c12-10-3-1-9(2-4-10)11(14)13-5-7-15-8-6-13/h1-4,11,14H,5-8,12H2. The van der Waals surface area contributed by atoms with Crippen molar-refractivity contribution in [3.63, 3.8) is 0 Å². The first-order chi connectivity index (χ1) is 7.27. The van der Waals surface area contributed by atoms with E-state index in [1.165, 1.54) is 0 Å². The van der Waals surface area contributed by atoms with E-state index in [1.807, 2.05) is 36.0 Å². The number of benzene rings is 1. The Morgan fingerprint density at radius 3 is 2.40 bits per heavy atom. The summed E-state index contributed by atoms with van der Waals surface area (Å²) in [7, 11) is 0. The van der Waals surface area contributed by atoms with Gasteiger partial charge in [-0.25, -0.2) is 0 Å². The van der Waals surface area contributed by atoms with Crippen LogP contribution in [0.2, 0.25) is 0 Å². The van der Waals surface area contributed by atoms with Crippen molar-refractivity contribution in [2.45, 2.75) is 6.23 Å². The molecular formula is C11H16N2OS. The quantitative estimate of drug-likeness (QED) is 0.744. The van der Waals surface area contributed by atoms with E-state index in [0.717, 1.165) is 35.8 Å². The molecule has 1 aliphatic rings. The molecule has 82 valence electrons. The highest BCUT2D eigenvalue weighted by Crippen LogP contribution is 2.22. The molecule has 1 aliphatic heterocycles. The molecule has 0 spiro atoms. The van der Waals surface area contributed by atoms with E-state index in [9.17, 15) is 5.11 Å². The van der Waals surface area contributed by atoms with Gasteiger partial charge in [0.1, 0.15) is 6.23 Å². The van der Waals surface area contributed by atoms with E-state index in [4.69, 9.17) is 5.73 Å². The van der Waals surface area contributed by atoms with Gasteiger partial charge in [-0.3, -0.25) is 4.90 Å². The fourth-order valence-corrected chi connectivity index (χ4v) is 2.63. The topological polar surface area (TPSA) is 49.5 Å². The zero-order valence-corrected chi connectivity index (χ0v) is 9.41. The van der Waals surface area contributed by atoms with E-state index in [0.29, 0.717) is 0 Å². The van der Waals surface area contributed by atoms with Gasteiger partial charge in [0, 0.05) is 30.3 Å². The van der Waals surface area contributed by atoms with Crippen LogP contribution in [0.1, 0.15) is 11.8 Å². The van der Waals surface area contributed by atoms with E-state index in [2.05, 4.69) is 4.90 Å². The number of nitrogens with two attached hydrogens (primary N) is 1. The minimum absolute atomic E-state index is 0.480. The van der Waals surface area contributed by atoms with Crippen LogP contribution in [0.25, 0.3) is 0 Å². The molecule has 1 unspecified atom stereocenters. The molecule has 1 fully saturated rings. The highest BCUT2D eigenvalue weighted by molar-refractivity contribution is 7.99. The molecule has 0 amide bonds. The molecule has 0 bridgehead atoms. The SMILES string of the molecule is Nc1ccc(C(O)N2CCSCC2)cc1. The first-order valence-corrected chi connectivity index (χ1v) is 6.28. The second-order valence-corrected chi connectivity index (χ2v) is 4.91. The minimum atomic E-state index is -0.480. The Morgan fingerprint density at radius 2 is 1.80 bits per heavy atom. The Morgan fingerprint density at radius 1 is 1.20 bits per heavy atom.